The average Bonchev–Trinajstić information content (AvgIpc) is 3.89. The van der Waals surface area contributed by atoms with E-state index in [1.165, 1.54) is 87.7 Å². The Morgan fingerprint density at radius 3 is 1.80 bits per heavy atom. The van der Waals surface area contributed by atoms with Gasteiger partial charge in [-0.15, -0.1) is 35.2 Å². The van der Waals surface area contributed by atoms with Crippen molar-refractivity contribution in [1.29, 1.82) is 0 Å². The van der Waals surface area contributed by atoms with Gasteiger partial charge in [0.25, 0.3) is 0 Å². The molecule has 2 aliphatic rings. The van der Waals surface area contributed by atoms with E-state index < -0.39 is 0 Å². The zero-order chi connectivity index (χ0) is 41.7. The van der Waals surface area contributed by atoms with E-state index >= 15 is 0 Å². The summed E-state index contributed by atoms with van der Waals surface area (Å²) in [7, 11) is 0. The Hall–Kier alpha value is -6.67. The normalized spacial score (nSPS) is 13.9. The minimum Gasteiger partial charge on any atom is -0.483 e. The summed E-state index contributed by atoms with van der Waals surface area (Å²) in [6.45, 7) is 0. The molecular formula is C60H44NO2W-3. The van der Waals surface area contributed by atoms with Gasteiger partial charge in [0, 0.05) is 43.1 Å². The summed E-state index contributed by atoms with van der Waals surface area (Å²) in [5, 5.41) is 12.7. The Morgan fingerprint density at radius 1 is 0.453 bits per heavy atom. The topological polar surface area (TPSA) is 29.5 Å². The first-order valence-corrected chi connectivity index (χ1v) is 22.4. The van der Waals surface area contributed by atoms with Crippen molar-refractivity contribution in [3.05, 3.63) is 211 Å². The van der Waals surface area contributed by atoms with Crippen molar-refractivity contribution >= 4 is 93.3 Å². The number of anilines is 3. The molecule has 0 N–H and O–H groups in total. The van der Waals surface area contributed by atoms with Crippen LogP contribution in [0.15, 0.2) is 191 Å². The predicted molar refractivity (Wildman–Crippen MR) is 262 cm³/mol. The van der Waals surface area contributed by atoms with Gasteiger partial charge in [-0.25, -0.2) is 0 Å². The molecule has 310 valence electrons. The molecule has 2 aliphatic carbocycles. The minimum absolute atomic E-state index is 0. The summed E-state index contributed by atoms with van der Waals surface area (Å²) in [6, 6.07) is 73.4. The van der Waals surface area contributed by atoms with Gasteiger partial charge < -0.3 is 13.7 Å². The van der Waals surface area contributed by atoms with E-state index in [-0.39, 0.29) is 21.1 Å². The number of hydrogen-bond donors (Lipinski definition) is 0. The molecule has 0 aliphatic heterocycles. The number of hydrogen-bond acceptors (Lipinski definition) is 3. The second-order valence-corrected chi connectivity index (χ2v) is 17.1. The van der Waals surface area contributed by atoms with Crippen LogP contribution in [0, 0.1) is 18.2 Å². The maximum absolute atomic E-state index is 6.66. The number of rotatable bonds is 5. The first-order valence-electron chi connectivity index (χ1n) is 22.4. The third-order valence-corrected chi connectivity index (χ3v) is 13.5. The molecule has 0 spiro atoms. The van der Waals surface area contributed by atoms with Crippen LogP contribution >= 0.6 is 0 Å². The Balaban J connectivity index is 0.000000188. The number of benzene rings is 10. The zero-order valence-electron chi connectivity index (χ0n) is 35.4. The molecule has 14 rings (SSSR count). The van der Waals surface area contributed by atoms with Crippen molar-refractivity contribution < 1.29 is 29.9 Å². The van der Waals surface area contributed by atoms with Gasteiger partial charge in [-0.05, 0) is 88.2 Å². The van der Waals surface area contributed by atoms with Crippen molar-refractivity contribution in [2.24, 2.45) is 0 Å². The molecule has 0 radical (unpaired) electrons. The van der Waals surface area contributed by atoms with E-state index in [4.69, 9.17) is 8.83 Å². The number of para-hydroxylation sites is 5. The molecule has 12 aromatic rings. The summed E-state index contributed by atoms with van der Waals surface area (Å²) in [6.07, 6.45) is 7.74. The molecule has 0 atom stereocenters. The van der Waals surface area contributed by atoms with Crippen molar-refractivity contribution in [2.75, 3.05) is 4.90 Å². The molecule has 10 aromatic carbocycles. The maximum Gasteiger partial charge on any atom is 0.159 e. The van der Waals surface area contributed by atoms with Gasteiger partial charge >= 0.3 is 0 Å². The minimum atomic E-state index is 0. The Morgan fingerprint density at radius 2 is 1.08 bits per heavy atom. The van der Waals surface area contributed by atoms with Crippen LogP contribution in [0.1, 0.15) is 61.5 Å². The molecule has 0 unspecified atom stereocenters. The van der Waals surface area contributed by atoms with Gasteiger partial charge in [-0.2, -0.15) is 54.6 Å². The van der Waals surface area contributed by atoms with Gasteiger partial charge in [-0.3, -0.25) is 0 Å². The van der Waals surface area contributed by atoms with E-state index in [0.29, 0.717) is 11.8 Å². The fraction of sp³-hybridized carbons (Fsp3) is 0.133. The van der Waals surface area contributed by atoms with E-state index in [9.17, 15) is 0 Å². The molecule has 3 nitrogen and oxygen atoms in total. The van der Waals surface area contributed by atoms with Gasteiger partial charge in [0.05, 0.1) is 11.4 Å². The molecule has 2 heterocycles. The maximum atomic E-state index is 6.66. The van der Waals surface area contributed by atoms with Crippen molar-refractivity contribution in [3.8, 4) is 0 Å². The molecule has 64 heavy (non-hydrogen) atoms. The molecule has 2 fully saturated rings. The summed E-state index contributed by atoms with van der Waals surface area (Å²) in [4.78, 5) is 2.45. The van der Waals surface area contributed by atoms with Gasteiger partial charge in [-0.1, -0.05) is 127 Å². The zero-order valence-corrected chi connectivity index (χ0v) is 38.3. The molecule has 4 heteroatoms. The third kappa shape index (κ3) is 6.95. The Bertz CT molecular complexity index is 3470. The largest absolute Gasteiger partial charge is 0.483 e. The molecular weight excluding hydrogens is 951 g/mol. The third-order valence-electron chi connectivity index (χ3n) is 13.5. The molecule has 2 aromatic heterocycles. The second kappa shape index (κ2) is 17.1. The molecule has 2 saturated carbocycles. The van der Waals surface area contributed by atoms with E-state index in [0.717, 1.165) is 55.3 Å². The van der Waals surface area contributed by atoms with Crippen molar-refractivity contribution in [2.45, 2.75) is 50.4 Å². The summed E-state index contributed by atoms with van der Waals surface area (Å²) in [5.74, 6) is 1.25. The van der Waals surface area contributed by atoms with Gasteiger partial charge in [0.1, 0.15) is 11.2 Å². The van der Waals surface area contributed by atoms with Gasteiger partial charge in [0.2, 0.25) is 0 Å². The standard InChI is InChI=1S/C42H32NO.C12H7O.C6H5.W/c1-2-13-29(14-3-1)43(37-17-8-16-34-31-15-4-5-18-39(31)44-42(34)37)38-25-36(27-11-7-12-27)33-22-20-28-19-21-30(26-9-6-10-26)32-23-24-35(38)41(33)40(28)32;1-3-7-11-9(5-1)10-6-2-4-8-12(10)13-11;1-2-4-6-5-3-1;/h1-5,8,13-18,20-27H,6-7,9-12H2;1-7H;1-5H;/q3*-1;. The van der Waals surface area contributed by atoms with E-state index in [1.54, 1.807) is 0 Å². The van der Waals surface area contributed by atoms with Crippen LogP contribution in [-0.2, 0) is 21.1 Å². The van der Waals surface area contributed by atoms with Crippen LogP contribution in [-0.4, -0.2) is 0 Å². The van der Waals surface area contributed by atoms with E-state index in [2.05, 4.69) is 144 Å². The van der Waals surface area contributed by atoms with Crippen LogP contribution in [0.3, 0.4) is 0 Å². The fourth-order valence-corrected chi connectivity index (χ4v) is 9.99. The van der Waals surface area contributed by atoms with Crippen molar-refractivity contribution in [3.63, 3.8) is 0 Å². The SMILES string of the molecule is [W].[c-]1cc(C2CCC2)c2ccc3c(N(c4ccccc4)c4cccc5c4oc4ccccc45)cc(C4CCC4)c4ccc1c2c43.[c-]1cccc2c1oc1ccccc12.[c-]1ccccc1. The van der Waals surface area contributed by atoms with Crippen LogP contribution in [0.5, 0.6) is 0 Å². The first-order chi connectivity index (χ1) is 31.3. The Kier molecular flexibility index (Phi) is 10.7. The summed E-state index contributed by atoms with van der Waals surface area (Å²) < 4.78 is 12.3. The summed E-state index contributed by atoms with van der Waals surface area (Å²) >= 11 is 0. The fourth-order valence-electron chi connectivity index (χ4n) is 9.99. The number of nitrogens with zero attached hydrogens (tertiary/aromatic N) is 1. The predicted octanol–water partition coefficient (Wildman–Crippen LogP) is 17.2. The van der Waals surface area contributed by atoms with Crippen LogP contribution in [0.4, 0.5) is 17.1 Å². The van der Waals surface area contributed by atoms with E-state index in [1.807, 2.05) is 60.7 Å². The van der Waals surface area contributed by atoms with Crippen LogP contribution < -0.4 is 4.90 Å². The first kappa shape index (κ1) is 40.1. The average molecular weight is 995 g/mol. The van der Waals surface area contributed by atoms with Crippen LogP contribution in [0.25, 0.3) is 76.2 Å². The molecule has 0 amide bonds. The molecule has 0 saturated heterocycles. The monoisotopic (exact) mass is 994 g/mol. The number of furan rings is 2. The quantitative estimate of drug-likeness (QED) is 0.127. The summed E-state index contributed by atoms with van der Waals surface area (Å²) in [5.41, 5.74) is 10.0. The van der Waals surface area contributed by atoms with Crippen molar-refractivity contribution in [1.82, 2.24) is 0 Å². The Labute approximate surface area is 387 Å². The molecule has 0 bridgehead atoms. The smallest absolute Gasteiger partial charge is 0.159 e. The van der Waals surface area contributed by atoms with Gasteiger partial charge in [0.15, 0.2) is 5.58 Å². The van der Waals surface area contributed by atoms with Crippen LogP contribution in [0.2, 0.25) is 0 Å². The second-order valence-electron chi connectivity index (χ2n) is 17.1. The number of fused-ring (bicyclic) bond motifs is 6.